The van der Waals surface area contributed by atoms with Crippen LogP contribution in [0, 0.1) is 11.8 Å². The summed E-state index contributed by atoms with van der Waals surface area (Å²) in [7, 11) is 1.36. The highest BCUT2D eigenvalue weighted by atomic mass is 16.5. The van der Waals surface area contributed by atoms with Crippen LogP contribution >= 0.6 is 0 Å². The summed E-state index contributed by atoms with van der Waals surface area (Å²) < 4.78 is 10.2. The Morgan fingerprint density at radius 3 is 2.55 bits per heavy atom. The lowest BCUT2D eigenvalue weighted by molar-refractivity contribution is 0.0562. The van der Waals surface area contributed by atoms with E-state index in [4.69, 9.17) is 4.42 Å². The fourth-order valence-electron chi connectivity index (χ4n) is 3.31. The molecule has 0 bridgehead atoms. The van der Waals surface area contributed by atoms with E-state index < -0.39 is 5.97 Å². The van der Waals surface area contributed by atoms with E-state index in [1.54, 1.807) is 6.07 Å². The zero-order chi connectivity index (χ0) is 14.7. The van der Waals surface area contributed by atoms with Crippen LogP contribution in [0.5, 0.6) is 0 Å². The van der Waals surface area contributed by atoms with Crippen LogP contribution in [0.3, 0.4) is 0 Å². The van der Waals surface area contributed by atoms with E-state index in [2.05, 4.69) is 30.8 Å². The fraction of sp³-hybridized carbons (Fsp3) is 0.688. The monoisotopic (exact) mass is 279 g/mol. The van der Waals surface area contributed by atoms with Gasteiger partial charge in [-0.15, -0.1) is 0 Å². The highest BCUT2D eigenvalue weighted by Gasteiger charge is 2.26. The average Bonchev–Trinajstić information content (AvgIpc) is 2.86. The van der Waals surface area contributed by atoms with Crippen LogP contribution in [0.2, 0.25) is 0 Å². The van der Waals surface area contributed by atoms with Gasteiger partial charge in [-0.3, -0.25) is 0 Å². The highest BCUT2D eigenvalue weighted by Crippen LogP contribution is 2.30. The van der Waals surface area contributed by atoms with Crippen molar-refractivity contribution in [1.82, 2.24) is 5.32 Å². The third-order valence-corrected chi connectivity index (χ3v) is 4.10. The summed E-state index contributed by atoms with van der Waals surface area (Å²) in [5, 5.41) is 3.62. The Morgan fingerprint density at radius 2 is 1.95 bits per heavy atom. The minimum atomic E-state index is -0.427. The van der Waals surface area contributed by atoms with E-state index in [0.717, 1.165) is 17.6 Å². The Hall–Kier alpha value is -1.29. The third kappa shape index (κ3) is 3.63. The van der Waals surface area contributed by atoms with Gasteiger partial charge < -0.3 is 14.5 Å². The van der Waals surface area contributed by atoms with Crippen LogP contribution in [0.4, 0.5) is 0 Å². The van der Waals surface area contributed by atoms with Gasteiger partial charge in [-0.2, -0.15) is 0 Å². The molecule has 0 spiro atoms. The van der Waals surface area contributed by atoms with Gasteiger partial charge in [-0.25, -0.2) is 4.79 Å². The maximum Gasteiger partial charge on any atom is 0.373 e. The van der Waals surface area contributed by atoms with Crippen molar-refractivity contribution in [3.8, 4) is 0 Å². The van der Waals surface area contributed by atoms with E-state index in [1.165, 1.54) is 26.4 Å². The van der Waals surface area contributed by atoms with Crippen molar-refractivity contribution in [3.63, 3.8) is 0 Å². The number of furan rings is 1. The highest BCUT2D eigenvalue weighted by molar-refractivity contribution is 5.86. The molecule has 3 unspecified atom stereocenters. The molecule has 0 amide bonds. The molecular weight excluding hydrogens is 254 g/mol. The number of rotatable bonds is 4. The van der Waals surface area contributed by atoms with Crippen molar-refractivity contribution in [2.75, 3.05) is 7.11 Å². The normalized spacial score (nSPS) is 28.1. The van der Waals surface area contributed by atoms with E-state index in [1.807, 2.05) is 6.07 Å². The summed E-state index contributed by atoms with van der Waals surface area (Å²) in [4.78, 5) is 11.4. The van der Waals surface area contributed by atoms with E-state index >= 15 is 0 Å². The van der Waals surface area contributed by atoms with Crippen LogP contribution in [0.1, 0.15) is 62.4 Å². The summed E-state index contributed by atoms with van der Waals surface area (Å²) >= 11 is 0. The number of carbonyl (C=O) groups excluding carboxylic acids is 1. The molecule has 1 aromatic rings. The Morgan fingerprint density at radius 1 is 1.30 bits per heavy atom. The second-order valence-electron chi connectivity index (χ2n) is 6.20. The first kappa shape index (κ1) is 15.1. The third-order valence-electron chi connectivity index (χ3n) is 4.10. The quantitative estimate of drug-likeness (QED) is 0.856. The average molecular weight is 279 g/mol. The predicted octanol–water partition coefficient (Wildman–Crippen LogP) is 3.54. The Balaban J connectivity index is 1.95. The molecule has 3 atom stereocenters. The van der Waals surface area contributed by atoms with Gasteiger partial charge in [0.2, 0.25) is 5.76 Å². The first-order valence-electron chi connectivity index (χ1n) is 7.43. The number of esters is 1. The second-order valence-corrected chi connectivity index (χ2v) is 6.20. The Kier molecular flexibility index (Phi) is 4.86. The van der Waals surface area contributed by atoms with Crippen molar-refractivity contribution in [2.45, 2.75) is 52.1 Å². The van der Waals surface area contributed by atoms with E-state index in [-0.39, 0.29) is 11.8 Å². The second kappa shape index (κ2) is 6.44. The molecule has 1 heterocycles. The van der Waals surface area contributed by atoms with Gasteiger partial charge in [-0.05, 0) is 50.2 Å². The number of ether oxygens (including phenoxy) is 1. The van der Waals surface area contributed by atoms with Crippen LogP contribution in [0.25, 0.3) is 0 Å². The smallest absolute Gasteiger partial charge is 0.373 e. The van der Waals surface area contributed by atoms with Gasteiger partial charge in [0.15, 0.2) is 0 Å². The van der Waals surface area contributed by atoms with Gasteiger partial charge in [0.05, 0.1) is 13.2 Å². The zero-order valence-corrected chi connectivity index (χ0v) is 12.8. The largest absolute Gasteiger partial charge is 0.463 e. The van der Waals surface area contributed by atoms with E-state index in [0.29, 0.717) is 6.04 Å². The SMILES string of the molecule is COC(=O)c1ccc(C(C)NC2CC(C)CC(C)C2)o1. The van der Waals surface area contributed by atoms with Gasteiger partial charge in [0, 0.05) is 6.04 Å². The molecule has 1 saturated carbocycles. The van der Waals surface area contributed by atoms with Crippen molar-refractivity contribution in [3.05, 3.63) is 23.7 Å². The molecule has 0 aliphatic heterocycles. The molecule has 1 fully saturated rings. The molecule has 0 saturated heterocycles. The molecule has 1 aliphatic carbocycles. The molecule has 1 aromatic heterocycles. The molecule has 20 heavy (non-hydrogen) atoms. The lowest BCUT2D eigenvalue weighted by Crippen LogP contribution is -2.37. The lowest BCUT2D eigenvalue weighted by Gasteiger charge is -2.33. The first-order valence-corrected chi connectivity index (χ1v) is 7.43. The lowest BCUT2D eigenvalue weighted by atomic mass is 9.80. The van der Waals surface area contributed by atoms with Crippen LogP contribution in [0.15, 0.2) is 16.5 Å². The number of methoxy groups -OCH3 is 1. The molecule has 0 aromatic carbocycles. The fourth-order valence-corrected chi connectivity index (χ4v) is 3.31. The molecule has 4 heteroatoms. The van der Waals surface area contributed by atoms with E-state index in [9.17, 15) is 4.79 Å². The summed E-state index contributed by atoms with van der Waals surface area (Å²) in [6.45, 7) is 6.71. The van der Waals surface area contributed by atoms with Gasteiger partial charge in [0.1, 0.15) is 5.76 Å². The molecule has 4 nitrogen and oxygen atoms in total. The molecule has 2 rings (SSSR count). The number of hydrogen-bond acceptors (Lipinski definition) is 4. The maximum absolute atomic E-state index is 11.4. The minimum Gasteiger partial charge on any atom is -0.463 e. The van der Waals surface area contributed by atoms with Crippen molar-refractivity contribution >= 4 is 5.97 Å². The first-order chi connectivity index (χ1) is 9.49. The van der Waals surface area contributed by atoms with Gasteiger partial charge in [0.25, 0.3) is 0 Å². The number of hydrogen-bond donors (Lipinski definition) is 1. The minimum absolute atomic E-state index is 0.107. The predicted molar refractivity (Wildman–Crippen MR) is 77.6 cm³/mol. The van der Waals surface area contributed by atoms with Gasteiger partial charge >= 0.3 is 5.97 Å². The molecule has 112 valence electrons. The van der Waals surface area contributed by atoms with Crippen LogP contribution < -0.4 is 5.32 Å². The standard InChI is InChI=1S/C16H25NO3/c1-10-7-11(2)9-13(8-10)17-12(3)14-5-6-15(20-14)16(18)19-4/h5-6,10-13,17H,7-9H2,1-4H3. The molecular formula is C16H25NO3. The summed E-state index contributed by atoms with van der Waals surface area (Å²) in [6, 6.07) is 4.15. The van der Waals surface area contributed by atoms with Crippen molar-refractivity contribution < 1.29 is 13.9 Å². The zero-order valence-electron chi connectivity index (χ0n) is 12.8. The summed E-state index contributed by atoms with van der Waals surface area (Å²) in [5.74, 6) is 2.16. The van der Waals surface area contributed by atoms with Crippen molar-refractivity contribution in [2.24, 2.45) is 11.8 Å². The topological polar surface area (TPSA) is 51.5 Å². The van der Waals surface area contributed by atoms with Crippen molar-refractivity contribution in [1.29, 1.82) is 0 Å². The Bertz CT molecular complexity index is 444. The van der Waals surface area contributed by atoms with Crippen LogP contribution in [-0.2, 0) is 4.74 Å². The number of nitrogens with one attached hydrogen (secondary N) is 1. The molecule has 0 radical (unpaired) electrons. The maximum atomic E-state index is 11.4. The summed E-state index contributed by atoms with van der Waals surface area (Å²) in [6.07, 6.45) is 3.73. The molecule has 1 N–H and O–H groups in total. The van der Waals surface area contributed by atoms with Gasteiger partial charge in [-0.1, -0.05) is 13.8 Å². The number of carbonyl (C=O) groups is 1. The summed E-state index contributed by atoms with van der Waals surface area (Å²) in [5.41, 5.74) is 0. The Labute approximate surface area is 120 Å². The van der Waals surface area contributed by atoms with Crippen LogP contribution in [-0.4, -0.2) is 19.1 Å². The molecule has 1 aliphatic rings.